The van der Waals surface area contributed by atoms with Crippen LogP contribution in [0.3, 0.4) is 0 Å². The fourth-order valence-corrected chi connectivity index (χ4v) is 1.36. The molecule has 0 aromatic carbocycles. The first kappa shape index (κ1) is 11.8. The summed E-state index contributed by atoms with van der Waals surface area (Å²) in [5.74, 6) is 0. The van der Waals surface area contributed by atoms with E-state index in [1.807, 2.05) is 25.2 Å². The lowest BCUT2D eigenvalue weighted by atomic mass is 9.99. The number of rotatable bonds is 4. The summed E-state index contributed by atoms with van der Waals surface area (Å²) in [5, 5.41) is 1.89. The van der Waals surface area contributed by atoms with E-state index in [1.54, 1.807) is 0 Å². The van der Waals surface area contributed by atoms with Gasteiger partial charge in [-0.25, -0.2) is 5.43 Å². The minimum atomic E-state index is 0.963. The Bertz CT molecular complexity index is 321. The molecule has 0 heterocycles. The van der Waals surface area contributed by atoms with Crippen molar-refractivity contribution in [2.45, 2.75) is 19.8 Å². The third-order valence-electron chi connectivity index (χ3n) is 2.65. The van der Waals surface area contributed by atoms with E-state index < -0.39 is 0 Å². The van der Waals surface area contributed by atoms with Crippen LogP contribution in [0.15, 0.2) is 47.7 Å². The second-order valence-electron chi connectivity index (χ2n) is 3.86. The molecule has 1 N–H and O–H groups in total. The van der Waals surface area contributed by atoms with Gasteiger partial charge in [0.1, 0.15) is 0 Å². The molecular formula is C13H20N2. The Morgan fingerprint density at radius 3 is 2.73 bits per heavy atom. The first-order valence-electron chi connectivity index (χ1n) is 5.28. The summed E-state index contributed by atoms with van der Waals surface area (Å²) >= 11 is 0. The van der Waals surface area contributed by atoms with Crippen molar-refractivity contribution in [3.05, 3.63) is 47.7 Å². The summed E-state index contributed by atoms with van der Waals surface area (Å²) < 4.78 is 0. The SMILES string of the molecule is C=C(/C=C/C1=CC=C(C)CC1)N(C)NC. The molecule has 0 unspecified atom stereocenters. The van der Waals surface area contributed by atoms with Crippen LogP contribution in [-0.2, 0) is 0 Å². The Kier molecular flexibility index (Phi) is 4.37. The molecule has 0 aromatic rings. The third kappa shape index (κ3) is 3.76. The zero-order valence-corrected chi connectivity index (χ0v) is 9.88. The molecule has 1 aliphatic rings. The van der Waals surface area contributed by atoms with E-state index in [0.717, 1.165) is 12.1 Å². The van der Waals surface area contributed by atoms with Gasteiger partial charge in [-0.1, -0.05) is 30.4 Å². The molecule has 15 heavy (non-hydrogen) atoms. The molecule has 0 radical (unpaired) electrons. The Morgan fingerprint density at radius 2 is 2.20 bits per heavy atom. The van der Waals surface area contributed by atoms with E-state index in [2.05, 4.69) is 37.2 Å². The van der Waals surface area contributed by atoms with Crippen molar-refractivity contribution >= 4 is 0 Å². The predicted octanol–water partition coefficient (Wildman–Crippen LogP) is 2.79. The zero-order valence-electron chi connectivity index (χ0n) is 9.88. The highest BCUT2D eigenvalue weighted by atomic mass is 15.5. The lowest BCUT2D eigenvalue weighted by Crippen LogP contribution is -2.28. The number of hydrogen-bond acceptors (Lipinski definition) is 2. The van der Waals surface area contributed by atoms with Crippen molar-refractivity contribution in [1.29, 1.82) is 0 Å². The van der Waals surface area contributed by atoms with Gasteiger partial charge in [0, 0.05) is 19.8 Å². The van der Waals surface area contributed by atoms with Crippen LogP contribution in [0.2, 0.25) is 0 Å². The number of likely N-dealkylation sites (N-methyl/N-ethyl adjacent to an activating group) is 1. The first-order valence-corrected chi connectivity index (χ1v) is 5.28. The van der Waals surface area contributed by atoms with Gasteiger partial charge in [-0.15, -0.1) is 0 Å². The van der Waals surface area contributed by atoms with Gasteiger partial charge in [-0.2, -0.15) is 0 Å². The molecule has 82 valence electrons. The van der Waals surface area contributed by atoms with Gasteiger partial charge in [0.05, 0.1) is 0 Å². The fraction of sp³-hybridized carbons (Fsp3) is 0.385. The van der Waals surface area contributed by atoms with Crippen LogP contribution < -0.4 is 5.43 Å². The molecule has 0 fully saturated rings. The highest BCUT2D eigenvalue weighted by Crippen LogP contribution is 2.18. The monoisotopic (exact) mass is 204 g/mol. The van der Waals surface area contributed by atoms with Gasteiger partial charge in [0.15, 0.2) is 0 Å². The number of nitrogens with zero attached hydrogens (tertiary/aromatic N) is 1. The molecular weight excluding hydrogens is 184 g/mol. The van der Waals surface area contributed by atoms with E-state index in [9.17, 15) is 0 Å². The number of hydrazine groups is 1. The average Bonchev–Trinajstić information content (AvgIpc) is 2.26. The molecule has 2 heteroatoms. The van der Waals surface area contributed by atoms with Gasteiger partial charge in [-0.05, 0) is 31.4 Å². The average molecular weight is 204 g/mol. The van der Waals surface area contributed by atoms with Crippen molar-refractivity contribution in [2.75, 3.05) is 14.1 Å². The Labute approximate surface area is 92.6 Å². The third-order valence-corrected chi connectivity index (χ3v) is 2.65. The largest absolute Gasteiger partial charge is 0.312 e. The summed E-state index contributed by atoms with van der Waals surface area (Å²) in [6, 6.07) is 0. The summed E-state index contributed by atoms with van der Waals surface area (Å²) in [6.07, 6.45) is 10.9. The van der Waals surface area contributed by atoms with Crippen molar-refractivity contribution in [2.24, 2.45) is 0 Å². The van der Waals surface area contributed by atoms with Gasteiger partial charge in [0.25, 0.3) is 0 Å². The second-order valence-corrected chi connectivity index (χ2v) is 3.86. The molecule has 1 rings (SSSR count). The van der Waals surface area contributed by atoms with E-state index >= 15 is 0 Å². The number of allylic oxidation sites excluding steroid dienone is 6. The van der Waals surface area contributed by atoms with Crippen LogP contribution in [0.5, 0.6) is 0 Å². The van der Waals surface area contributed by atoms with Gasteiger partial charge < -0.3 is 5.01 Å². The maximum atomic E-state index is 3.96. The lowest BCUT2D eigenvalue weighted by Gasteiger charge is -2.17. The van der Waals surface area contributed by atoms with Gasteiger partial charge in [0.2, 0.25) is 0 Å². The summed E-state index contributed by atoms with van der Waals surface area (Å²) in [5.41, 5.74) is 6.80. The topological polar surface area (TPSA) is 15.3 Å². The van der Waals surface area contributed by atoms with Crippen molar-refractivity contribution in [3.63, 3.8) is 0 Å². The molecule has 0 aliphatic heterocycles. The Hall–Kier alpha value is -1.28. The van der Waals surface area contributed by atoms with Gasteiger partial charge >= 0.3 is 0 Å². The molecule has 0 aromatic heterocycles. The van der Waals surface area contributed by atoms with Crippen LogP contribution >= 0.6 is 0 Å². The Morgan fingerprint density at radius 1 is 1.47 bits per heavy atom. The molecule has 0 atom stereocenters. The highest BCUT2D eigenvalue weighted by Gasteiger charge is 2.00. The summed E-state index contributed by atoms with van der Waals surface area (Å²) in [4.78, 5) is 0. The number of nitrogens with one attached hydrogen (secondary N) is 1. The predicted molar refractivity (Wildman–Crippen MR) is 66.2 cm³/mol. The lowest BCUT2D eigenvalue weighted by molar-refractivity contribution is 0.344. The van der Waals surface area contributed by atoms with Crippen LogP contribution in [0, 0.1) is 0 Å². The molecule has 0 saturated heterocycles. The molecule has 1 aliphatic carbocycles. The molecule has 0 amide bonds. The standard InChI is InChI=1S/C13H20N2/c1-11-5-8-13(9-6-11)10-7-12(2)15(4)14-3/h5,7-8,10,14H,2,6,9H2,1,3-4H3/b10-7+. The van der Waals surface area contributed by atoms with Crippen molar-refractivity contribution in [1.82, 2.24) is 10.4 Å². The van der Waals surface area contributed by atoms with E-state index in [-0.39, 0.29) is 0 Å². The normalized spacial score (nSPS) is 16.2. The zero-order chi connectivity index (χ0) is 11.3. The maximum absolute atomic E-state index is 3.96. The maximum Gasteiger partial charge on any atom is 0.0444 e. The molecule has 0 saturated carbocycles. The first-order chi connectivity index (χ1) is 7.13. The minimum absolute atomic E-state index is 0.963. The smallest absolute Gasteiger partial charge is 0.0444 e. The quantitative estimate of drug-likeness (QED) is 0.559. The van der Waals surface area contributed by atoms with Gasteiger partial charge in [-0.3, -0.25) is 0 Å². The number of hydrogen-bond donors (Lipinski definition) is 1. The van der Waals surface area contributed by atoms with Crippen LogP contribution in [0.4, 0.5) is 0 Å². The Balaban J connectivity index is 2.55. The fourth-order valence-electron chi connectivity index (χ4n) is 1.36. The molecule has 2 nitrogen and oxygen atoms in total. The van der Waals surface area contributed by atoms with E-state index in [4.69, 9.17) is 0 Å². The molecule has 0 spiro atoms. The van der Waals surface area contributed by atoms with E-state index in [0.29, 0.717) is 0 Å². The van der Waals surface area contributed by atoms with E-state index in [1.165, 1.54) is 17.6 Å². The summed E-state index contributed by atoms with van der Waals surface area (Å²) in [6.45, 7) is 6.13. The minimum Gasteiger partial charge on any atom is -0.312 e. The summed E-state index contributed by atoms with van der Waals surface area (Å²) in [7, 11) is 3.83. The van der Waals surface area contributed by atoms with Crippen LogP contribution in [-0.4, -0.2) is 19.1 Å². The molecule has 0 bridgehead atoms. The van der Waals surface area contributed by atoms with Crippen LogP contribution in [0.25, 0.3) is 0 Å². The second kappa shape index (κ2) is 5.56. The highest BCUT2D eigenvalue weighted by molar-refractivity contribution is 5.32. The van der Waals surface area contributed by atoms with Crippen LogP contribution in [0.1, 0.15) is 19.8 Å². The van der Waals surface area contributed by atoms with Crippen molar-refractivity contribution in [3.8, 4) is 0 Å². The van der Waals surface area contributed by atoms with Crippen molar-refractivity contribution < 1.29 is 0 Å².